The van der Waals surface area contributed by atoms with Crippen molar-refractivity contribution < 1.29 is 4.79 Å². The minimum Gasteiger partial charge on any atom is -0.341 e. The van der Waals surface area contributed by atoms with Crippen LogP contribution in [0.1, 0.15) is 6.42 Å². The second-order valence-electron chi connectivity index (χ2n) is 5.00. The summed E-state index contributed by atoms with van der Waals surface area (Å²) in [5, 5.41) is 0.650. The SMILES string of the molecule is O=C1[C@@H](Sc2ncnc3nc[nH]c23)CCN1c1ccccc1. The lowest BCUT2D eigenvalue weighted by atomic mass is 10.3. The molecular weight excluding hydrogens is 298 g/mol. The van der Waals surface area contributed by atoms with Crippen molar-refractivity contribution >= 4 is 34.5 Å². The first-order chi connectivity index (χ1) is 10.8. The lowest BCUT2D eigenvalue weighted by Crippen LogP contribution is -2.27. The minimum absolute atomic E-state index is 0.124. The van der Waals surface area contributed by atoms with Crippen LogP contribution in [-0.2, 0) is 4.79 Å². The molecule has 6 nitrogen and oxygen atoms in total. The molecule has 110 valence electrons. The monoisotopic (exact) mass is 311 g/mol. The molecule has 0 spiro atoms. The average Bonchev–Trinajstić information content (AvgIpc) is 3.16. The molecule has 7 heteroatoms. The molecule has 0 aliphatic carbocycles. The first kappa shape index (κ1) is 13.3. The maximum Gasteiger partial charge on any atom is 0.240 e. The summed E-state index contributed by atoms with van der Waals surface area (Å²) in [4.78, 5) is 30.0. The molecule has 1 aliphatic rings. The Balaban J connectivity index is 1.57. The van der Waals surface area contributed by atoms with Gasteiger partial charge in [-0.05, 0) is 18.6 Å². The Kier molecular flexibility index (Phi) is 3.27. The average molecular weight is 311 g/mol. The highest BCUT2D eigenvalue weighted by Gasteiger charge is 2.34. The van der Waals surface area contributed by atoms with Gasteiger partial charge in [-0.25, -0.2) is 15.0 Å². The third-order valence-electron chi connectivity index (χ3n) is 3.67. The zero-order valence-electron chi connectivity index (χ0n) is 11.6. The summed E-state index contributed by atoms with van der Waals surface area (Å²) in [6.07, 6.45) is 3.88. The van der Waals surface area contributed by atoms with Crippen LogP contribution in [0.15, 0.2) is 48.0 Å². The molecule has 22 heavy (non-hydrogen) atoms. The molecule has 0 saturated carbocycles. The first-order valence-electron chi connectivity index (χ1n) is 7.00. The summed E-state index contributed by atoms with van der Waals surface area (Å²) >= 11 is 1.48. The Bertz CT molecular complexity index is 819. The Morgan fingerprint density at radius 2 is 2.05 bits per heavy atom. The number of rotatable bonds is 3. The van der Waals surface area contributed by atoms with Crippen LogP contribution in [0.4, 0.5) is 5.69 Å². The van der Waals surface area contributed by atoms with E-state index in [1.165, 1.54) is 18.1 Å². The highest BCUT2D eigenvalue weighted by Crippen LogP contribution is 2.34. The number of para-hydroxylation sites is 1. The Morgan fingerprint density at radius 3 is 2.91 bits per heavy atom. The second-order valence-corrected chi connectivity index (χ2v) is 6.19. The summed E-state index contributed by atoms with van der Waals surface area (Å²) in [7, 11) is 0. The molecule has 1 saturated heterocycles. The van der Waals surface area contributed by atoms with Crippen LogP contribution in [0.3, 0.4) is 0 Å². The molecule has 1 atom stereocenters. The number of thioether (sulfide) groups is 1. The predicted molar refractivity (Wildman–Crippen MR) is 84.7 cm³/mol. The fourth-order valence-electron chi connectivity index (χ4n) is 2.59. The second kappa shape index (κ2) is 5.42. The number of hydrogen-bond acceptors (Lipinski definition) is 5. The molecule has 1 aromatic carbocycles. The van der Waals surface area contributed by atoms with E-state index in [0.29, 0.717) is 5.65 Å². The van der Waals surface area contributed by atoms with Gasteiger partial charge in [-0.1, -0.05) is 30.0 Å². The molecule has 0 unspecified atom stereocenters. The highest BCUT2D eigenvalue weighted by molar-refractivity contribution is 8.00. The van der Waals surface area contributed by atoms with Gasteiger partial charge in [-0.3, -0.25) is 4.79 Å². The summed E-state index contributed by atoms with van der Waals surface area (Å²) in [6.45, 7) is 0.734. The van der Waals surface area contributed by atoms with Gasteiger partial charge in [0, 0.05) is 12.2 Å². The van der Waals surface area contributed by atoms with Crippen molar-refractivity contribution in [3.63, 3.8) is 0 Å². The zero-order valence-corrected chi connectivity index (χ0v) is 12.5. The molecule has 2 aromatic heterocycles. The van der Waals surface area contributed by atoms with E-state index >= 15 is 0 Å². The van der Waals surface area contributed by atoms with Gasteiger partial charge in [-0.2, -0.15) is 0 Å². The molecule has 3 heterocycles. The number of carbonyl (C=O) groups is 1. The van der Waals surface area contributed by atoms with Crippen molar-refractivity contribution in [3.8, 4) is 0 Å². The molecule has 1 amide bonds. The number of nitrogens with one attached hydrogen (secondary N) is 1. The molecule has 0 radical (unpaired) electrons. The number of hydrogen-bond donors (Lipinski definition) is 1. The van der Waals surface area contributed by atoms with Crippen LogP contribution >= 0.6 is 11.8 Å². The van der Waals surface area contributed by atoms with Gasteiger partial charge in [0.05, 0.1) is 11.6 Å². The van der Waals surface area contributed by atoms with Crippen molar-refractivity contribution in [2.45, 2.75) is 16.7 Å². The molecular formula is C15H13N5OS. The summed E-state index contributed by atoms with van der Waals surface area (Å²) < 4.78 is 0. The summed E-state index contributed by atoms with van der Waals surface area (Å²) in [5.41, 5.74) is 2.37. The van der Waals surface area contributed by atoms with Crippen molar-refractivity contribution in [2.24, 2.45) is 0 Å². The van der Waals surface area contributed by atoms with Crippen LogP contribution in [0.5, 0.6) is 0 Å². The molecule has 4 rings (SSSR count). The lowest BCUT2D eigenvalue weighted by Gasteiger charge is -2.16. The van der Waals surface area contributed by atoms with E-state index < -0.39 is 0 Å². The quantitative estimate of drug-likeness (QED) is 0.751. The van der Waals surface area contributed by atoms with E-state index in [-0.39, 0.29) is 11.2 Å². The Morgan fingerprint density at radius 1 is 1.18 bits per heavy atom. The number of carbonyl (C=O) groups excluding carboxylic acids is 1. The van der Waals surface area contributed by atoms with Crippen molar-refractivity contribution in [1.82, 2.24) is 19.9 Å². The number of aromatic nitrogens is 4. The first-order valence-corrected chi connectivity index (χ1v) is 7.88. The fourth-order valence-corrected chi connectivity index (χ4v) is 3.69. The topological polar surface area (TPSA) is 74.8 Å². The van der Waals surface area contributed by atoms with E-state index in [1.807, 2.05) is 35.2 Å². The number of anilines is 1. The number of fused-ring (bicyclic) bond motifs is 1. The predicted octanol–water partition coefficient (Wildman–Crippen LogP) is 2.25. The van der Waals surface area contributed by atoms with Crippen LogP contribution < -0.4 is 4.90 Å². The highest BCUT2D eigenvalue weighted by atomic mass is 32.2. The maximum atomic E-state index is 12.6. The third kappa shape index (κ3) is 2.23. The molecule has 0 bridgehead atoms. The van der Waals surface area contributed by atoms with Gasteiger partial charge in [0.15, 0.2) is 5.65 Å². The molecule has 1 aliphatic heterocycles. The van der Waals surface area contributed by atoms with E-state index in [2.05, 4.69) is 19.9 Å². The van der Waals surface area contributed by atoms with E-state index in [1.54, 1.807) is 6.33 Å². The largest absolute Gasteiger partial charge is 0.341 e. The fraction of sp³-hybridized carbons (Fsp3) is 0.200. The summed E-state index contributed by atoms with van der Waals surface area (Å²) in [5.74, 6) is 0.127. The zero-order chi connectivity index (χ0) is 14.9. The Labute approximate surface area is 131 Å². The van der Waals surface area contributed by atoms with Gasteiger partial charge in [-0.15, -0.1) is 0 Å². The molecule has 1 N–H and O–H groups in total. The van der Waals surface area contributed by atoms with Crippen LogP contribution in [0.2, 0.25) is 0 Å². The van der Waals surface area contributed by atoms with Crippen molar-refractivity contribution in [3.05, 3.63) is 43.0 Å². The normalized spacial score (nSPS) is 18.3. The van der Waals surface area contributed by atoms with Gasteiger partial charge < -0.3 is 9.88 Å². The number of aromatic amines is 1. The maximum absolute atomic E-state index is 12.6. The molecule has 3 aromatic rings. The van der Waals surface area contributed by atoms with Gasteiger partial charge in [0.2, 0.25) is 5.91 Å². The number of nitrogens with zero attached hydrogens (tertiary/aromatic N) is 4. The van der Waals surface area contributed by atoms with Crippen LogP contribution in [0, 0.1) is 0 Å². The minimum atomic E-state index is -0.124. The third-order valence-corrected chi connectivity index (χ3v) is 4.92. The number of benzene rings is 1. The van der Waals surface area contributed by atoms with Gasteiger partial charge >= 0.3 is 0 Å². The van der Waals surface area contributed by atoms with Crippen molar-refractivity contribution in [1.29, 1.82) is 0 Å². The van der Waals surface area contributed by atoms with Crippen LogP contribution in [0.25, 0.3) is 11.2 Å². The van der Waals surface area contributed by atoms with E-state index in [9.17, 15) is 4.79 Å². The van der Waals surface area contributed by atoms with Gasteiger partial charge in [0.1, 0.15) is 16.9 Å². The number of H-pyrrole nitrogens is 1. The van der Waals surface area contributed by atoms with Crippen LogP contribution in [-0.4, -0.2) is 37.6 Å². The standard InChI is InChI=1S/C15H13N5OS/c21-15-11(6-7-20(15)10-4-2-1-3-5-10)22-14-12-13(17-8-16-12)18-9-19-14/h1-5,8-9,11H,6-7H2,(H,16,17,18,19)/t11-/m0/s1. The van der Waals surface area contributed by atoms with Crippen molar-refractivity contribution in [2.75, 3.05) is 11.4 Å². The molecule has 1 fully saturated rings. The number of amides is 1. The van der Waals surface area contributed by atoms with Gasteiger partial charge in [0.25, 0.3) is 0 Å². The van der Waals surface area contributed by atoms with E-state index in [0.717, 1.165) is 29.2 Å². The number of imidazole rings is 1. The summed E-state index contributed by atoms with van der Waals surface area (Å²) in [6, 6.07) is 9.76. The Hall–Kier alpha value is -2.41. The van der Waals surface area contributed by atoms with E-state index in [4.69, 9.17) is 0 Å². The smallest absolute Gasteiger partial charge is 0.240 e. The lowest BCUT2D eigenvalue weighted by molar-refractivity contribution is -0.116.